The summed E-state index contributed by atoms with van der Waals surface area (Å²) < 4.78 is 11.6. The summed E-state index contributed by atoms with van der Waals surface area (Å²) in [6, 6.07) is 0. The second-order valence-corrected chi connectivity index (χ2v) is 3.22. The normalized spacial score (nSPS) is 16.9. The molecule has 0 aliphatic carbocycles. The number of alkyl halides is 1. The number of carbonyl (C=O) groups excluding carboxylic acids is 1. The van der Waals surface area contributed by atoms with Gasteiger partial charge in [0.1, 0.15) is 5.03 Å². The third-order valence-corrected chi connectivity index (χ3v) is 1.92. The first kappa shape index (κ1) is 11.1. The number of hydrogen-bond donors (Lipinski definition) is 2. The number of carbonyl (C=O) groups is 1. The molecule has 1 aliphatic heterocycles. The molecule has 0 aromatic carbocycles. The molecule has 78 valence electrons. The van der Waals surface area contributed by atoms with Gasteiger partial charge in [-0.05, 0) is 23.5 Å². The number of nitrogens with one attached hydrogen (secondary N) is 1. The summed E-state index contributed by atoms with van der Waals surface area (Å²) in [6.45, 7) is -1.14. The van der Waals surface area contributed by atoms with Gasteiger partial charge in [0.15, 0.2) is 0 Å². The number of rotatable bonds is 3. The molecule has 0 aromatic rings. The molecule has 1 heterocycles. The maximum atomic E-state index is 11.6. The lowest BCUT2D eigenvalue weighted by molar-refractivity contribution is -0.107. The van der Waals surface area contributed by atoms with E-state index >= 15 is 0 Å². The minimum Gasteiger partial charge on any atom is -0.391 e. The van der Waals surface area contributed by atoms with Gasteiger partial charge < -0.3 is 10.6 Å². The van der Waals surface area contributed by atoms with Gasteiger partial charge in [-0.25, -0.2) is 9.40 Å². The smallest absolute Gasteiger partial charge is 0.292 e. The fraction of sp³-hybridized carbons (Fsp3) is 0.200. The first-order chi connectivity index (χ1) is 6.65. The van der Waals surface area contributed by atoms with E-state index in [0.717, 1.165) is 17.0 Å². The Kier molecular flexibility index (Phi) is 3.98. The quantitative estimate of drug-likeness (QED) is 0.242. The van der Waals surface area contributed by atoms with E-state index in [-0.39, 0.29) is 5.84 Å². The number of halogens is 2. The van der Waals surface area contributed by atoms with E-state index in [2.05, 4.69) is 14.8 Å². The number of nitrogens with two attached hydrogens (primary N) is 1. The summed E-state index contributed by atoms with van der Waals surface area (Å²) in [5.41, 5.74) is 5.39. The van der Waals surface area contributed by atoms with Crippen LogP contribution in [0.25, 0.3) is 0 Å². The van der Waals surface area contributed by atoms with E-state index in [1.165, 1.54) is 6.20 Å². The van der Waals surface area contributed by atoms with Crippen molar-refractivity contribution in [1.29, 1.82) is 0 Å². The molecule has 0 unspecified atom stereocenters. The Bertz CT molecular complexity index is 297. The Morgan fingerprint density at radius 3 is 3.07 bits per heavy atom. The van der Waals surface area contributed by atoms with Crippen LogP contribution in [0.4, 0.5) is 4.39 Å². The standard InChI is InChI=1S/C5H6ClFN4O2S/c6-4(12)5(9-13-2-7)11-1-3(8)14-10-11/h1,10H,2,8H2. The van der Waals surface area contributed by atoms with Crippen molar-refractivity contribution in [3.05, 3.63) is 11.2 Å². The van der Waals surface area contributed by atoms with Gasteiger partial charge in [0.25, 0.3) is 12.1 Å². The van der Waals surface area contributed by atoms with Crippen molar-refractivity contribution in [1.82, 2.24) is 9.84 Å². The number of oxime groups is 1. The Balaban J connectivity index is 2.73. The lowest BCUT2D eigenvalue weighted by Crippen LogP contribution is -2.35. The number of hydrazine groups is 1. The van der Waals surface area contributed by atoms with E-state index in [1.807, 2.05) is 0 Å². The summed E-state index contributed by atoms with van der Waals surface area (Å²) in [4.78, 5) is 17.5. The minimum atomic E-state index is -1.14. The first-order valence-corrected chi connectivity index (χ1v) is 4.49. The molecule has 1 rings (SSSR count). The van der Waals surface area contributed by atoms with Crippen molar-refractivity contribution >= 4 is 34.6 Å². The highest BCUT2D eigenvalue weighted by Gasteiger charge is 2.21. The summed E-state index contributed by atoms with van der Waals surface area (Å²) >= 11 is 6.23. The van der Waals surface area contributed by atoms with Crippen molar-refractivity contribution in [2.45, 2.75) is 0 Å². The van der Waals surface area contributed by atoms with Crippen molar-refractivity contribution in [2.75, 3.05) is 6.86 Å². The second-order valence-electron chi connectivity index (χ2n) is 2.02. The van der Waals surface area contributed by atoms with E-state index < -0.39 is 12.1 Å². The summed E-state index contributed by atoms with van der Waals surface area (Å²) in [7, 11) is 0. The van der Waals surface area contributed by atoms with Gasteiger partial charge in [0, 0.05) is 0 Å². The van der Waals surface area contributed by atoms with Crippen LogP contribution < -0.4 is 10.6 Å². The third kappa shape index (κ3) is 2.76. The average molecular weight is 241 g/mol. The highest BCUT2D eigenvalue weighted by Crippen LogP contribution is 2.15. The predicted molar refractivity (Wildman–Crippen MR) is 50.2 cm³/mol. The van der Waals surface area contributed by atoms with Gasteiger partial charge in [0.05, 0.1) is 6.20 Å². The molecule has 0 spiro atoms. The Labute approximate surface area is 88.0 Å². The first-order valence-electron chi connectivity index (χ1n) is 3.30. The van der Waals surface area contributed by atoms with Crippen molar-refractivity contribution in [2.24, 2.45) is 10.9 Å². The van der Waals surface area contributed by atoms with E-state index in [9.17, 15) is 9.18 Å². The van der Waals surface area contributed by atoms with E-state index in [0.29, 0.717) is 5.03 Å². The fourth-order valence-corrected chi connectivity index (χ4v) is 1.27. The van der Waals surface area contributed by atoms with Crippen LogP contribution in [0.2, 0.25) is 0 Å². The van der Waals surface area contributed by atoms with Gasteiger partial charge in [-0.2, -0.15) is 4.83 Å². The molecular formula is C5H6ClFN4O2S. The van der Waals surface area contributed by atoms with Gasteiger partial charge in [-0.15, -0.1) is 0 Å². The minimum absolute atomic E-state index is 0.294. The van der Waals surface area contributed by atoms with Crippen LogP contribution in [-0.4, -0.2) is 22.9 Å². The third-order valence-electron chi connectivity index (χ3n) is 1.12. The van der Waals surface area contributed by atoms with Crippen LogP contribution in [0.3, 0.4) is 0 Å². The zero-order valence-electron chi connectivity index (χ0n) is 6.74. The van der Waals surface area contributed by atoms with Gasteiger partial charge in [0.2, 0.25) is 5.84 Å². The lowest BCUT2D eigenvalue weighted by atomic mass is 10.6. The Morgan fingerprint density at radius 1 is 1.93 bits per heavy atom. The zero-order valence-corrected chi connectivity index (χ0v) is 8.31. The Hall–Kier alpha value is -0.990. The molecule has 9 heteroatoms. The molecule has 14 heavy (non-hydrogen) atoms. The van der Waals surface area contributed by atoms with Crippen LogP contribution in [0.5, 0.6) is 0 Å². The highest BCUT2D eigenvalue weighted by atomic mass is 35.5. The molecule has 0 radical (unpaired) electrons. The number of hydrogen-bond acceptors (Lipinski definition) is 6. The maximum absolute atomic E-state index is 11.6. The highest BCUT2D eigenvalue weighted by molar-refractivity contribution is 8.01. The zero-order chi connectivity index (χ0) is 10.6. The van der Waals surface area contributed by atoms with Gasteiger partial charge in [-0.3, -0.25) is 4.79 Å². The van der Waals surface area contributed by atoms with Crippen molar-refractivity contribution in [3.63, 3.8) is 0 Å². The second kappa shape index (κ2) is 5.03. The molecule has 6 nitrogen and oxygen atoms in total. The van der Waals surface area contributed by atoms with Crippen molar-refractivity contribution in [3.8, 4) is 0 Å². The van der Waals surface area contributed by atoms with Crippen molar-refractivity contribution < 1.29 is 14.0 Å². The number of amidine groups is 1. The molecule has 0 saturated carbocycles. The maximum Gasteiger partial charge on any atom is 0.292 e. The number of nitrogens with zero attached hydrogens (tertiary/aromatic N) is 2. The molecule has 0 fully saturated rings. The molecule has 0 aromatic heterocycles. The lowest BCUT2D eigenvalue weighted by Gasteiger charge is -2.12. The van der Waals surface area contributed by atoms with Gasteiger partial charge in [-0.1, -0.05) is 5.16 Å². The largest absolute Gasteiger partial charge is 0.391 e. The molecule has 0 atom stereocenters. The molecule has 3 N–H and O–H groups in total. The monoisotopic (exact) mass is 240 g/mol. The molecular weight excluding hydrogens is 235 g/mol. The summed E-state index contributed by atoms with van der Waals surface area (Å²) in [5, 5.41) is 3.82. The molecule has 1 aliphatic rings. The summed E-state index contributed by atoms with van der Waals surface area (Å²) in [5.74, 6) is -0.294. The SMILES string of the molecule is NC1=CN(C(=NOCF)C(=O)Cl)NS1. The Morgan fingerprint density at radius 2 is 2.64 bits per heavy atom. The molecule has 0 amide bonds. The van der Waals surface area contributed by atoms with Crippen LogP contribution in [0.15, 0.2) is 16.4 Å². The average Bonchev–Trinajstić information content (AvgIpc) is 2.52. The molecule has 0 bridgehead atoms. The summed E-state index contributed by atoms with van der Waals surface area (Å²) in [6.07, 6.45) is 1.37. The van der Waals surface area contributed by atoms with E-state index in [1.54, 1.807) is 0 Å². The fourth-order valence-electron chi connectivity index (χ4n) is 0.646. The van der Waals surface area contributed by atoms with Crippen LogP contribution in [-0.2, 0) is 9.63 Å². The van der Waals surface area contributed by atoms with Crippen LogP contribution >= 0.6 is 23.5 Å². The van der Waals surface area contributed by atoms with Crippen LogP contribution in [0, 0.1) is 0 Å². The predicted octanol–water partition coefficient (Wildman–Crippen LogP) is 0.235. The van der Waals surface area contributed by atoms with E-state index in [4.69, 9.17) is 17.3 Å². The van der Waals surface area contributed by atoms with Gasteiger partial charge >= 0.3 is 0 Å². The topological polar surface area (TPSA) is 79.9 Å². The van der Waals surface area contributed by atoms with Crippen LogP contribution in [0.1, 0.15) is 0 Å². The molecule has 0 saturated heterocycles.